The van der Waals surface area contributed by atoms with Gasteiger partial charge < -0.3 is 15.5 Å². The van der Waals surface area contributed by atoms with E-state index in [1.807, 2.05) is 6.92 Å². The number of hydrogen-bond acceptors (Lipinski definition) is 4. The molecule has 1 amide bonds. The summed E-state index contributed by atoms with van der Waals surface area (Å²) in [6.07, 6.45) is 16.9. The fraction of sp³-hybridized carbons (Fsp3) is 0.846. The zero-order chi connectivity index (χ0) is 24.7. The zero-order valence-corrected chi connectivity index (χ0v) is 20.7. The summed E-state index contributed by atoms with van der Waals surface area (Å²) >= 11 is 0. The highest BCUT2D eigenvalue weighted by molar-refractivity contribution is 5.84. The van der Waals surface area contributed by atoms with E-state index in [2.05, 4.69) is 5.32 Å². The Balaban J connectivity index is 3.52. The Morgan fingerprint density at radius 2 is 1.06 bits per heavy atom. The lowest BCUT2D eigenvalue weighted by Gasteiger charge is -2.11. The third-order valence-electron chi connectivity index (χ3n) is 6.01. The number of carbonyl (C=O) groups is 4. The monoisotopic (exact) mass is 469 g/mol. The van der Waals surface area contributed by atoms with Gasteiger partial charge in [0.1, 0.15) is 5.78 Å². The van der Waals surface area contributed by atoms with Gasteiger partial charge in [-0.15, -0.1) is 0 Å². The molecular formula is C26H47NO6. The van der Waals surface area contributed by atoms with Crippen molar-refractivity contribution in [1.29, 1.82) is 0 Å². The Bertz CT molecular complexity index is 549. The second-order valence-electron chi connectivity index (χ2n) is 9.11. The van der Waals surface area contributed by atoms with E-state index in [1.165, 1.54) is 51.4 Å². The van der Waals surface area contributed by atoms with E-state index in [4.69, 9.17) is 5.11 Å². The number of nitrogens with one attached hydrogen (secondary N) is 1. The van der Waals surface area contributed by atoms with Crippen LogP contribution in [0.25, 0.3) is 0 Å². The van der Waals surface area contributed by atoms with Gasteiger partial charge in [-0.25, -0.2) is 0 Å². The summed E-state index contributed by atoms with van der Waals surface area (Å²) in [5.41, 5.74) is 0. The van der Waals surface area contributed by atoms with Crippen molar-refractivity contribution in [1.82, 2.24) is 5.32 Å². The van der Waals surface area contributed by atoms with Gasteiger partial charge in [-0.3, -0.25) is 19.2 Å². The predicted molar refractivity (Wildman–Crippen MR) is 130 cm³/mol. The minimum absolute atomic E-state index is 0.0137. The molecule has 0 aromatic carbocycles. The standard InChI is InChI=1S/C26H47NO6/c1-2-27-24(29)20-19-22(26(32)33)21-23(28)17-15-13-11-9-7-5-3-4-6-8-10-12-14-16-18-25(30)31/h22H,2-21H2,1H3,(H,27,29)(H,30,31)(H,32,33)/t22-/m1/s1. The second kappa shape index (κ2) is 21.9. The Morgan fingerprint density at radius 1 is 0.636 bits per heavy atom. The molecule has 0 saturated carbocycles. The Hall–Kier alpha value is -1.92. The molecule has 0 spiro atoms. The van der Waals surface area contributed by atoms with E-state index in [0.29, 0.717) is 19.4 Å². The molecule has 0 radical (unpaired) electrons. The normalized spacial score (nSPS) is 11.8. The third kappa shape index (κ3) is 21.7. The molecule has 7 heteroatoms. The number of rotatable bonds is 24. The van der Waals surface area contributed by atoms with E-state index < -0.39 is 17.9 Å². The number of amides is 1. The van der Waals surface area contributed by atoms with E-state index in [9.17, 15) is 24.3 Å². The summed E-state index contributed by atoms with van der Waals surface area (Å²) in [5.74, 6) is -2.64. The molecule has 33 heavy (non-hydrogen) atoms. The molecule has 0 aromatic heterocycles. The number of carboxylic acid groups (broad SMARTS) is 2. The van der Waals surface area contributed by atoms with Crippen LogP contribution in [0.3, 0.4) is 0 Å². The molecule has 0 aromatic rings. The van der Waals surface area contributed by atoms with E-state index in [-0.39, 0.29) is 31.0 Å². The molecule has 0 saturated heterocycles. The lowest BCUT2D eigenvalue weighted by molar-refractivity contribution is -0.144. The molecule has 0 aliphatic heterocycles. The van der Waals surface area contributed by atoms with Gasteiger partial charge >= 0.3 is 11.9 Å². The van der Waals surface area contributed by atoms with Crippen LogP contribution in [0.4, 0.5) is 0 Å². The van der Waals surface area contributed by atoms with Crippen LogP contribution >= 0.6 is 0 Å². The van der Waals surface area contributed by atoms with Crippen molar-refractivity contribution in [2.75, 3.05) is 6.54 Å². The molecular weight excluding hydrogens is 422 g/mol. The largest absolute Gasteiger partial charge is 0.481 e. The van der Waals surface area contributed by atoms with Gasteiger partial charge in [-0.05, 0) is 26.2 Å². The van der Waals surface area contributed by atoms with Crippen molar-refractivity contribution in [3.63, 3.8) is 0 Å². The SMILES string of the molecule is CCNC(=O)CC[C@H](CC(=O)CCCCCCCCCCCCCCCCC(=O)O)C(=O)O. The summed E-state index contributed by atoms with van der Waals surface area (Å²) in [5, 5.41) is 20.5. The van der Waals surface area contributed by atoms with Gasteiger partial charge in [0.05, 0.1) is 5.92 Å². The molecule has 192 valence electrons. The van der Waals surface area contributed by atoms with Crippen LogP contribution in [0.15, 0.2) is 0 Å². The number of ketones is 1. The number of carbonyl (C=O) groups excluding carboxylic acids is 2. The van der Waals surface area contributed by atoms with Gasteiger partial charge in [0.25, 0.3) is 0 Å². The van der Waals surface area contributed by atoms with Gasteiger partial charge in [0, 0.05) is 32.2 Å². The maximum absolute atomic E-state index is 12.1. The molecule has 0 unspecified atom stereocenters. The molecule has 0 bridgehead atoms. The maximum Gasteiger partial charge on any atom is 0.306 e. The lowest BCUT2D eigenvalue weighted by Crippen LogP contribution is -2.25. The van der Waals surface area contributed by atoms with Crippen LogP contribution in [0.1, 0.15) is 129 Å². The van der Waals surface area contributed by atoms with Crippen molar-refractivity contribution in [2.45, 2.75) is 129 Å². The number of hydrogen-bond donors (Lipinski definition) is 3. The van der Waals surface area contributed by atoms with Gasteiger partial charge in [-0.1, -0.05) is 77.0 Å². The highest BCUT2D eigenvalue weighted by Gasteiger charge is 2.21. The summed E-state index contributed by atoms with van der Waals surface area (Å²) in [7, 11) is 0. The van der Waals surface area contributed by atoms with Gasteiger partial charge in [0.15, 0.2) is 0 Å². The fourth-order valence-electron chi connectivity index (χ4n) is 4.00. The first kappa shape index (κ1) is 31.1. The minimum atomic E-state index is -0.997. The Labute approximate surface area is 200 Å². The molecule has 3 N–H and O–H groups in total. The average molecular weight is 470 g/mol. The number of carboxylic acids is 2. The maximum atomic E-state index is 12.1. The van der Waals surface area contributed by atoms with Crippen molar-refractivity contribution in [3.05, 3.63) is 0 Å². The van der Waals surface area contributed by atoms with Crippen molar-refractivity contribution < 1.29 is 29.4 Å². The van der Waals surface area contributed by atoms with Crippen LogP contribution in [-0.2, 0) is 19.2 Å². The Kier molecular flexibility index (Phi) is 20.6. The fourth-order valence-corrected chi connectivity index (χ4v) is 4.00. The molecule has 1 atom stereocenters. The smallest absolute Gasteiger partial charge is 0.306 e. The van der Waals surface area contributed by atoms with Crippen LogP contribution in [0, 0.1) is 5.92 Å². The van der Waals surface area contributed by atoms with Crippen LogP contribution in [0.5, 0.6) is 0 Å². The first-order chi connectivity index (χ1) is 15.9. The van der Waals surface area contributed by atoms with Crippen LogP contribution in [-0.4, -0.2) is 40.4 Å². The number of unbranched alkanes of at least 4 members (excludes halogenated alkanes) is 13. The highest BCUT2D eigenvalue weighted by Crippen LogP contribution is 2.17. The molecule has 0 fully saturated rings. The van der Waals surface area contributed by atoms with E-state index in [0.717, 1.165) is 38.5 Å². The molecule has 7 nitrogen and oxygen atoms in total. The van der Waals surface area contributed by atoms with Crippen molar-refractivity contribution in [3.8, 4) is 0 Å². The topological polar surface area (TPSA) is 121 Å². The zero-order valence-electron chi connectivity index (χ0n) is 20.7. The van der Waals surface area contributed by atoms with Crippen LogP contribution in [0.2, 0.25) is 0 Å². The van der Waals surface area contributed by atoms with Crippen molar-refractivity contribution >= 4 is 23.6 Å². The van der Waals surface area contributed by atoms with Crippen molar-refractivity contribution in [2.24, 2.45) is 5.92 Å². The summed E-state index contributed by atoms with van der Waals surface area (Å²) in [6.45, 7) is 2.34. The molecule has 0 heterocycles. The number of aliphatic carboxylic acids is 2. The first-order valence-electron chi connectivity index (χ1n) is 13.1. The second-order valence-corrected chi connectivity index (χ2v) is 9.11. The van der Waals surface area contributed by atoms with E-state index >= 15 is 0 Å². The molecule has 0 rings (SSSR count). The Morgan fingerprint density at radius 3 is 1.45 bits per heavy atom. The quantitative estimate of drug-likeness (QED) is 0.152. The van der Waals surface area contributed by atoms with E-state index in [1.54, 1.807) is 0 Å². The lowest BCUT2D eigenvalue weighted by atomic mass is 9.94. The first-order valence-corrected chi connectivity index (χ1v) is 13.1. The van der Waals surface area contributed by atoms with Gasteiger partial charge in [0.2, 0.25) is 5.91 Å². The third-order valence-corrected chi connectivity index (χ3v) is 6.01. The summed E-state index contributed by atoms with van der Waals surface area (Å²) in [4.78, 5) is 45.4. The average Bonchev–Trinajstić information content (AvgIpc) is 2.76. The molecule has 0 aliphatic rings. The molecule has 0 aliphatic carbocycles. The summed E-state index contributed by atoms with van der Waals surface area (Å²) in [6, 6.07) is 0. The predicted octanol–water partition coefficient (Wildman–Crippen LogP) is 5.89. The summed E-state index contributed by atoms with van der Waals surface area (Å²) < 4.78 is 0. The number of Topliss-reactive ketones (excluding diaryl/α,β-unsaturated/α-hetero) is 1. The highest BCUT2D eigenvalue weighted by atomic mass is 16.4. The van der Waals surface area contributed by atoms with Crippen LogP contribution < -0.4 is 5.32 Å². The van der Waals surface area contributed by atoms with Gasteiger partial charge in [-0.2, -0.15) is 0 Å². The minimum Gasteiger partial charge on any atom is -0.481 e.